The van der Waals surface area contributed by atoms with Crippen LogP contribution in [0.1, 0.15) is 19.4 Å². The first-order chi connectivity index (χ1) is 5.74. The molecule has 0 aliphatic heterocycles. The summed E-state index contributed by atoms with van der Waals surface area (Å²) in [7, 11) is 0. The van der Waals surface area contributed by atoms with Crippen LogP contribution < -0.4 is 5.73 Å². The normalized spacial score (nSPS) is 15.9. The van der Waals surface area contributed by atoms with Crippen LogP contribution in [-0.2, 0) is 0 Å². The lowest BCUT2D eigenvalue weighted by Crippen LogP contribution is -2.17. The zero-order valence-electron chi connectivity index (χ0n) is 7.15. The number of halogens is 1. The summed E-state index contributed by atoms with van der Waals surface area (Å²) in [5.41, 5.74) is 5.50. The van der Waals surface area contributed by atoms with Gasteiger partial charge in [0.1, 0.15) is 0 Å². The van der Waals surface area contributed by atoms with Crippen LogP contribution in [0.3, 0.4) is 0 Å². The first-order valence-corrected chi connectivity index (χ1v) is 4.97. The summed E-state index contributed by atoms with van der Waals surface area (Å²) in [4.78, 5) is 4.39. The summed E-state index contributed by atoms with van der Waals surface area (Å²) in [6.07, 6.45) is 6.64. The minimum absolute atomic E-state index is 0.398. The molecule has 1 heterocycles. The summed E-state index contributed by atoms with van der Waals surface area (Å²) in [6.45, 7) is 2.84. The van der Waals surface area contributed by atoms with Crippen LogP contribution in [0.2, 0.25) is 0 Å². The third-order valence-corrected chi connectivity index (χ3v) is 2.63. The summed E-state index contributed by atoms with van der Waals surface area (Å²) < 4.78 is 2.09. The fraction of sp³-hybridized carbons (Fsp3) is 0.625. The zero-order chi connectivity index (χ0) is 8.97. The van der Waals surface area contributed by atoms with Gasteiger partial charge in [-0.15, -0.1) is 0 Å². The minimum Gasteiger partial charge on any atom is -0.335 e. The van der Waals surface area contributed by atoms with Crippen molar-refractivity contribution in [1.29, 1.82) is 0 Å². The molecule has 0 bridgehead atoms. The van der Waals surface area contributed by atoms with Gasteiger partial charge < -0.3 is 10.3 Å². The van der Waals surface area contributed by atoms with E-state index in [0.717, 1.165) is 6.42 Å². The van der Waals surface area contributed by atoms with Crippen LogP contribution >= 0.6 is 15.9 Å². The highest BCUT2D eigenvalue weighted by atomic mass is 79.9. The average Bonchev–Trinajstić information content (AvgIpc) is 2.56. The second kappa shape index (κ2) is 4.62. The molecule has 0 amide bonds. The maximum Gasteiger partial charge on any atom is 0.0948 e. The summed E-state index contributed by atoms with van der Waals surface area (Å²) >= 11 is 3.50. The highest BCUT2D eigenvalue weighted by Crippen LogP contribution is 2.16. The lowest BCUT2D eigenvalue weighted by atomic mass is 10.2. The molecule has 0 radical (unpaired) electrons. The molecule has 2 atom stereocenters. The van der Waals surface area contributed by atoms with E-state index < -0.39 is 0 Å². The van der Waals surface area contributed by atoms with E-state index >= 15 is 0 Å². The van der Waals surface area contributed by atoms with Crippen LogP contribution in [0, 0.1) is 0 Å². The highest BCUT2D eigenvalue weighted by Gasteiger charge is 2.08. The quantitative estimate of drug-likeness (QED) is 0.800. The van der Waals surface area contributed by atoms with Gasteiger partial charge in [0, 0.05) is 29.8 Å². The first kappa shape index (κ1) is 9.74. The highest BCUT2D eigenvalue weighted by molar-refractivity contribution is 9.09. The van der Waals surface area contributed by atoms with Crippen LogP contribution in [0.25, 0.3) is 0 Å². The van der Waals surface area contributed by atoms with E-state index in [-0.39, 0.29) is 0 Å². The number of alkyl halides is 1. The van der Waals surface area contributed by atoms with Crippen molar-refractivity contribution in [2.24, 2.45) is 5.73 Å². The van der Waals surface area contributed by atoms with Crippen LogP contribution in [0.4, 0.5) is 0 Å². The van der Waals surface area contributed by atoms with Gasteiger partial charge in [-0.25, -0.2) is 4.98 Å². The van der Waals surface area contributed by atoms with Crippen LogP contribution in [-0.4, -0.2) is 20.9 Å². The minimum atomic E-state index is 0.398. The molecule has 12 heavy (non-hydrogen) atoms. The standard InChI is InChI=1S/C8H14BrN3/c1-7(4-8(9)5-10)12-3-2-11-6-12/h2-3,6-8H,4-5,10H2,1H3. The van der Waals surface area contributed by atoms with Crippen LogP contribution in [0.15, 0.2) is 18.7 Å². The van der Waals surface area contributed by atoms with Crippen molar-refractivity contribution in [2.75, 3.05) is 6.54 Å². The number of hydrogen-bond acceptors (Lipinski definition) is 2. The average molecular weight is 232 g/mol. The van der Waals surface area contributed by atoms with Gasteiger partial charge in [-0.2, -0.15) is 0 Å². The Bertz CT molecular complexity index is 210. The Hall–Kier alpha value is -0.350. The van der Waals surface area contributed by atoms with Crippen LogP contribution in [0.5, 0.6) is 0 Å². The predicted molar refractivity (Wildman–Crippen MR) is 53.3 cm³/mol. The second-order valence-corrected chi connectivity index (χ2v) is 4.22. The van der Waals surface area contributed by atoms with Gasteiger partial charge in [0.25, 0.3) is 0 Å². The fourth-order valence-corrected chi connectivity index (χ4v) is 1.66. The van der Waals surface area contributed by atoms with Crippen molar-refractivity contribution in [3.63, 3.8) is 0 Å². The van der Waals surface area contributed by atoms with Gasteiger partial charge >= 0.3 is 0 Å². The molecular formula is C8H14BrN3. The fourth-order valence-electron chi connectivity index (χ4n) is 1.12. The van der Waals surface area contributed by atoms with Crippen molar-refractivity contribution in [2.45, 2.75) is 24.2 Å². The van der Waals surface area contributed by atoms with Crippen molar-refractivity contribution < 1.29 is 0 Å². The SMILES string of the molecule is CC(CC(Br)CN)n1ccnc1. The Morgan fingerprint density at radius 2 is 2.42 bits per heavy atom. The van der Waals surface area contributed by atoms with Crippen molar-refractivity contribution in [3.05, 3.63) is 18.7 Å². The van der Waals surface area contributed by atoms with E-state index in [1.807, 2.05) is 12.5 Å². The molecule has 3 nitrogen and oxygen atoms in total. The number of hydrogen-bond donors (Lipinski definition) is 1. The van der Waals surface area contributed by atoms with Crippen molar-refractivity contribution in [3.8, 4) is 0 Å². The molecule has 4 heteroatoms. The smallest absolute Gasteiger partial charge is 0.0948 e. The van der Waals surface area contributed by atoms with E-state index in [1.165, 1.54) is 0 Å². The third-order valence-electron chi connectivity index (χ3n) is 1.89. The Morgan fingerprint density at radius 1 is 1.67 bits per heavy atom. The summed E-state index contributed by atoms with van der Waals surface area (Å²) in [6, 6.07) is 0.459. The molecule has 1 rings (SSSR count). The van der Waals surface area contributed by atoms with Gasteiger partial charge in [0.2, 0.25) is 0 Å². The molecule has 1 aromatic rings. The molecule has 68 valence electrons. The Balaban J connectivity index is 2.44. The molecule has 0 aromatic carbocycles. The number of rotatable bonds is 4. The second-order valence-electron chi connectivity index (χ2n) is 2.93. The predicted octanol–water partition coefficient (Wildman–Crippen LogP) is 1.56. The van der Waals surface area contributed by atoms with E-state index in [1.54, 1.807) is 6.20 Å². The van der Waals surface area contributed by atoms with Gasteiger partial charge in [-0.05, 0) is 13.3 Å². The van der Waals surface area contributed by atoms with Gasteiger partial charge in [0.05, 0.1) is 6.33 Å². The molecule has 0 saturated heterocycles. The van der Waals surface area contributed by atoms with E-state index in [9.17, 15) is 0 Å². The maximum absolute atomic E-state index is 5.50. The topological polar surface area (TPSA) is 43.8 Å². The molecule has 0 aliphatic carbocycles. The maximum atomic E-state index is 5.50. The Morgan fingerprint density at radius 3 is 2.92 bits per heavy atom. The van der Waals surface area contributed by atoms with Gasteiger partial charge in [-0.1, -0.05) is 15.9 Å². The van der Waals surface area contributed by atoms with E-state index in [4.69, 9.17) is 5.73 Å². The number of aromatic nitrogens is 2. The summed E-state index contributed by atoms with van der Waals surface area (Å²) in [5.74, 6) is 0. The Kier molecular flexibility index (Phi) is 3.75. The van der Waals surface area contributed by atoms with Gasteiger partial charge in [-0.3, -0.25) is 0 Å². The molecule has 0 aliphatic rings. The molecule has 2 N–H and O–H groups in total. The van der Waals surface area contributed by atoms with E-state index in [0.29, 0.717) is 17.4 Å². The van der Waals surface area contributed by atoms with Crippen molar-refractivity contribution >= 4 is 15.9 Å². The molecule has 1 aromatic heterocycles. The van der Waals surface area contributed by atoms with E-state index in [2.05, 4.69) is 32.4 Å². The number of imidazole rings is 1. The monoisotopic (exact) mass is 231 g/mol. The lowest BCUT2D eigenvalue weighted by molar-refractivity contribution is 0.501. The zero-order valence-corrected chi connectivity index (χ0v) is 8.74. The number of nitrogens with zero attached hydrogens (tertiary/aromatic N) is 2. The summed E-state index contributed by atoms with van der Waals surface area (Å²) in [5, 5.41) is 0. The lowest BCUT2D eigenvalue weighted by Gasteiger charge is -2.15. The molecule has 0 fully saturated rings. The third kappa shape index (κ3) is 2.60. The Labute approximate surface area is 81.1 Å². The number of nitrogens with two attached hydrogens (primary N) is 1. The first-order valence-electron chi connectivity index (χ1n) is 4.05. The molecule has 2 unspecified atom stereocenters. The largest absolute Gasteiger partial charge is 0.335 e. The molecule has 0 saturated carbocycles. The molecule has 0 spiro atoms. The van der Waals surface area contributed by atoms with Gasteiger partial charge in [0.15, 0.2) is 0 Å². The van der Waals surface area contributed by atoms with Crippen molar-refractivity contribution in [1.82, 2.24) is 9.55 Å². The molecular weight excluding hydrogens is 218 g/mol.